The Balaban J connectivity index is 2.51. The average Bonchev–Trinajstić information content (AvgIpc) is 2.63. The second-order valence-corrected chi connectivity index (χ2v) is 4.60. The minimum atomic E-state index is 0.0974. The van der Waals surface area contributed by atoms with Gasteiger partial charge >= 0.3 is 0 Å². The van der Waals surface area contributed by atoms with Gasteiger partial charge in [0.2, 0.25) is 5.89 Å². The number of anilines is 1. The molecule has 0 aliphatic rings. The van der Waals surface area contributed by atoms with Crippen molar-refractivity contribution in [1.82, 2.24) is 10.1 Å². The zero-order chi connectivity index (χ0) is 12.1. The maximum Gasteiger partial charge on any atom is 0.265 e. The molecule has 1 unspecified atom stereocenters. The van der Waals surface area contributed by atoms with Gasteiger partial charge in [0.1, 0.15) is 0 Å². The predicted octanol–water partition coefficient (Wildman–Crippen LogP) is 1.44. The number of hydrogen-bond donors (Lipinski definition) is 1. The average molecular weight is 226 g/mol. The smallest absolute Gasteiger partial charge is 0.265 e. The highest BCUT2D eigenvalue weighted by molar-refractivity contribution is 5.25. The van der Waals surface area contributed by atoms with E-state index in [-0.39, 0.29) is 6.04 Å². The monoisotopic (exact) mass is 226 g/mol. The summed E-state index contributed by atoms with van der Waals surface area (Å²) in [5.41, 5.74) is 5.98. The lowest BCUT2D eigenvalue weighted by molar-refractivity contribution is 0.358. The van der Waals surface area contributed by atoms with E-state index >= 15 is 0 Å². The number of nitrogens with zero attached hydrogens (tertiary/aromatic N) is 3. The molecule has 0 saturated carbocycles. The molecule has 1 atom stereocenters. The normalized spacial score (nSPS) is 13.1. The van der Waals surface area contributed by atoms with Crippen LogP contribution in [0.15, 0.2) is 4.52 Å². The summed E-state index contributed by atoms with van der Waals surface area (Å²) >= 11 is 0. The van der Waals surface area contributed by atoms with Crippen molar-refractivity contribution < 1.29 is 4.52 Å². The van der Waals surface area contributed by atoms with Crippen LogP contribution >= 0.6 is 0 Å². The number of aromatic nitrogens is 2. The van der Waals surface area contributed by atoms with Crippen molar-refractivity contribution in [3.8, 4) is 0 Å². The van der Waals surface area contributed by atoms with Gasteiger partial charge in [0.05, 0.1) is 0 Å². The highest BCUT2D eigenvalue weighted by Crippen LogP contribution is 2.11. The predicted molar refractivity (Wildman–Crippen MR) is 64.4 cm³/mol. The van der Waals surface area contributed by atoms with E-state index in [1.54, 1.807) is 0 Å². The van der Waals surface area contributed by atoms with Crippen LogP contribution in [-0.2, 0) is 6.42 Å². The molecule has 1 heterocycles. The van der Waals surface area contributed by atoms with Gasteiger partial charge in [-0.3, -0.25) is 0 Å². The lowest BCUT2D eigenvalue weighted by atomic mass is 10.0. The van der Waals surface area contributed by atoms with Crippen LogP contribution < -0.4 is 10.6 Å². The highest BCUT2D eigenvalue weighted by atomic mass is 16.5. The topological polar surface area (TPSA) is 68.2 Å². The Morgan fingerprint density at radius 3 is 2.69 bits per heavy atom. The van der Waals surface area contributed by atoms with Crippen LogP contribution in [0.1, 0.15) is 33.1 Å². The number of hydrogen-bond acceptors (Lipinski definition) is 5. The van der Waals surface area contributed by atoms with Crippen LogP contribution in [-0.4, -0.2) is 29.8 Å². The van der Waals surface area contributed by atoms with Gasteiger partial charge in [-0.15, -0.1) is 0 Å². The molecule has 16 heavy (non-hydrogen) atoms. The summed E-state index contributed by atoms with van der Waals surface area (Å²) in [5, 5.41) is 3.90. The summed E-state index contributed by atoms with van der Waals surface area (Å²) in [6.45, 7) is 7.21. The van der Waals surface area contributed by atoms with Crippen LogP contribution in [0.25, 0.3) is 0 Å². The molecule has 2 N–H and O–H groups in total. The van der Waals surface area contributed by atoms with Crippen molar-refractivity contribution in [2.45, 2.75) is 39.7 Å². The molecule has 0 aromatic carbocycles. The first kappa shape index (κ1) is 13.0. The minimum Gasteiger partial charge on any atom is -0.342 e. The molecule has 1 rings (SSSR count). The molecule has 0 aliphatic carbocycles. The molecule has 92 valence electrons. The molecule has 0 fully saturated rings. The molecule has 5 nitrogen and oxygen atoms in total. The zero-order valence-corrected chi connectivity index (χ0v) is 10.6. The van der Waals surface area contributed by atoms with Gasteiger partial charge in [0.15, 0.2) is 0 Å². The van der Waals surface area contributed by atoms with Crippen molar-refractivity contribution in [2.75, 3.05) is 18.5 Å². The summed E-state index contributed by atoms with van der Waals surface area (Å²) in [5.74, 6) is 1.86. The van der Waals surface area contributed by atoms with Crippen LogP contribution in [0.5, 0.6) is 0 Å². The summed E-state index contributed by atoms with van der Waals surface area (Å²) in [6, 6.07) is 0.0974. The minimum absolute atomic E-state index is 0.0974. The van der Waals surface area contributed by atoms with Gasteiger partial charge in [0.25, 0.3) is 5.95 Å². The highest BCUT2D eigenvalue weighted by Gasteiger charge is 2.13. The summed E-state index contributed by atoms with van der Waals surface area (Å²) in [4.78, 5) is 6.23. The molecule has 0 amide bonds. The van der Waals surface area contributed by atoms with Crippen molar-refractivity contribution >= 4 is 5.95 Å². The third kappa shape index (κ3) is 3.81. The van der Waals surface area contributed by atoms with Gasteiger partial charge in [-0.05, 0) is 24.4 Å². The fraction of sp³-hybridized carbons (Fsp3) is 0.818. The molecule has 0 radical (unpaired) electrons. The number of rotatable bonds is 6. The van der Waals surface area contributed by atoms with Gasteiger partial charge < -0.3 is 15.2 Å². The van der Waals surface area contributed by atoms with E-state index in [2.05, 4.69) is 24.0 Å². The van der Waals surface area contributed by atoms with E-state index in [0.29, 0.717) is 24.2 Å². The summed E-state index contributed by atoms with van der Waals surface area (Å²) in [7, 11) is 1.93. The second kappa shape index (κ2) is 5.84. The van der Waals surface area contributed by atoms with E-state index in [4.69, 9.17) is 10.3 Å². The van der Waals surface area contributed by atoms with E-state index < -0.39 is 0 Å². The standard InChI is InChI=1S/C11H22N4O/c1-5-15(4)11-13-10(16-14-11)7-9(12)6-8(2)3/h8-9H,5-7,12H2,1-4H3. The van der Waals surface area contributed by atoms with Crippen LogP contribution in [0.3, 0.4) is 0 Å². The molecule has 0 bridgehead atoms. The quantitative estimate of drug-likeness (QED) is 0.795. The van der Waals surface area contributed by atoms with Crippen LogP contribution in [0.2, 0.25) is 0 Å². The lowest BCUT2D eigenvalue weighted by Gasteiger charge is -2.11. The third-order valence-corrected chi connectivity index (χ3v) is 2.48. The Morgan fingerprint density at radius 1 is 1.44 bits per heavy atom. The first-order valence-corrected chi connectivity index (χ1v) is 5.82. The first-order valence-electron chi connectivity index (χ1n) is 5.82. The Hall–Kier alpha value is -1.10. The van der Waals surface area contributed by atoms with Gasteiger partial charge in [0, 0.05) is 26.1 Å². The van der Waals surface area contributed by atoms with E-state index in [1.807, 2.05) is 18.9 Å². The van der Waals surface area contributed by atoms with E-state index in [0.717, 1.165) is 13.0 Å². The Morgan fingerprint density at radius 2 is 2.12 bits per heavy atom. The summed E-state index contributed by atoms with van der Waals surface area (Å²) < 4.78 is 5.16. The van der Waals surface area contributed by atoms with Crippen molar-refractivity contribution in [3.05, 3.63) is 5.89 Å². The van der Waals surface area contributed by atoms with Crippen LogP contribution in [0.4, 0.5) is 5.95 Å². The third-order valence-electron chi connectivity index (χ3n) is 2.48. The maximum atomic E-state index is 5.98. The van der Waals surface area contributed by atoms with E-state index in [1.165, 1.54) is 0 Å². The molecule has 1 aromatic rings. The molecule has 1 aromatic heterocycles. The van der Waals surface area contributed by atoms with Crippen molar-refractivity contribution in [2.24, 2.45) is 11.7 Å². The van der Waals surface area contributed by atoms with Gasteiger partial charge in [-0.1, -0.05) is 13.8 Å². The first-order chi connectivity index (χ1) is 7.52. The summed E-state index contributed by atoms with van der Waals surface area (Å²) in [6.07, 6.45) is 1.63. The SMILES string of the molecule is CCN(C)c1noc(CC(N)CC(C)C)n1. The van der Waals surface area contributed by atoms with Crippen molar-refractivity contribution in [3.63, 3.8) is 0 Å². The molecular formula is C11H22N4O. The Bertz CT molecular complexity index is 311. The van der Waals surface area contributed by atoms with Crippen LogP contribution in [0, 0.1) is 5.92 Å². The second-order valence-electron chi connectivity index (χ2n) is 4.60. The van der Waals surface area contributed by atoms with Gasteiger partial charge in [-0.2, -0.15) is 4.98 Å². The molecule has 0 spiro atoms. The molecular weight excluding hydrogens is 204 g/mol. The Labute approximate surface area is 97.0 Å². The largest absolute Gasteiger partial charge is 0.342 e. The van der Waals surface area contributed by atoms with Gasteiger partial charge in [-0.25, -0.2) is 0 Å². The Kier molecular flexibility index (Phi) is 4.73. The van der Waals surface area contributed by atoms with E-state index in [9.17, 15) is 0 Å². The number of nitrogens with two attached hydrogens (primary N) is 1. The lowest BCUT2D eigenvalue weighted by Crippen LogP contribution is -2.25. The molecule has 0 saturated heterocycles. The van der Waals surface area contributed by atoms with Crippen molar-refractivity contribution in [1.29, 1.82) is 0 Å². The molecule has 0 aliphatic heterocycles. The molecule has 5 heteroatoms. The fourth-order valence-corrected chi connectivity index (χ4v) is 1.54. The zero-order valence-electron chi connectivity index (χ0n) is 10.6. The maximum absolute atomic E-state index is 5.98. The fourth-order valence-electron chi connectivity index (χ4n) is 1.54.